The molecule has 3 amide bonds. The van der Waals surface area contributed by atoms with Crippen molar-refractivity contribution in [3.63, 3.8) is 0 Å². The van der Waals surface area contributed by atoms with E-state index >= 15 is 0 Å². The van der Waals surface area contributed by atoms with Gasteiger partial charge in [0.15, 0.2) is 5.54 Å². The van der Waals surface area contributed by atoms with Gasteiger partial charge in [-0.2, -0.15) is 0 Å². The third-order valence-corrected chi connectivity index (χ3v) is 7.11. The number of nitrogens with one attached hydrogen (secondary N) is 1. The van der Waals surface area contributed by atoms with Crippen LogP contribution in [0, 0.1) is 0 Å². The van der Waals surface area contributed by atoms with Gasteiger partial charge >= 0.3 is 12.2 Å². The van der Waals surface area contributed by atoms with Crippen molar-refractivity contribution in [1.29, 1.82) is 0 Å². The summed E-state index contributed by atoms with van der Waals surface area (Å²) in [5.74, 6) is -0.595. The SMILES string of the molecule is CC(C)(C)OC(=O)N1C(=O)[C@@]2(c3cccc(Br)c31)c1[nH]c3ccccc3c1CCN2C(=O)OC(C)(C)C. The molecule has 3 aromatic rings. The maximum atomic E-state index is 14.7. The third kappa shape index (κ3) is 3.91. The highest BCUT2D eigenvalue weighted by molar-refractivity contribution is 9.10. The molecule has 0 saturated heterocycles. The number of aromatic amines is 1. The van der Waals surface area contributed by atoms with Gasteiger partial charge in [0.1, 0.15) is 11.2 Å². The molecular formula is C28H30BrN3O5. The molecule has 1 spiro atoms. The molecule has 2 aliphatic rings. The van der Waals surface area contributed by atoms with Gasteiger partial charge in [0.05, 0.1) is 11.4 Å². The Kier molecular flexibility index (Phi) is 5.71. The monoisotopic (exact) mass is 567 g/mol. The molecule has 0 aliphatic carbocycles. The molecule has 37 heavy (non-hydrogen) atoms. The lowest BCUT2D eigenvalue weighted by Gasteiger charge is -2.43. The number of para-hydroxylation sites is 2. The van der Waals surface area contributed by atoms with Gasteiger partial charge in [-0.25, -0.2) is 14.5 Å². The molecular weight excluding hydrogens is 538 g/mol. The minimum absolute atomic E-state index is 0.226. The largest absolute Gasteiger partial charge is 0.444 e. The highest BCUT2D eigenvalue weighted by Gasteiger charge is 2.63. The first kappa shape index (κ1) is 25.3. The van der Waals surface area contributed by atoms with Crippen LogP contribution in [0.25, 0.3) is 10.9 Å². The summed E-state index contributed by atoms with van der Waals surface area (Å²) in [5.41, 5.74) is -0.0905. The van der Waals surface area contributed by atoms with Crippen LogP contribution < -0.4 is 4.90 Å². The molecule has 194 valence electrons. The van der Waals surface area contributed by atoms with E-state index in [9.17, 15) is 14.4 Å². The van der Waals surface area contributed by atoms with E-state index in [1.807, 2.05) is 24.3 Å². The van der Waals surface area contributed by atoms with Gasteiger partial charge in [0.25, 0.3) is 5.91 Å². The number of halogens is 1. The fraction of sp³-hybridized carbons (Fsp3) is 0.393. The number of H-pyrrole nitrogens is 1. The number of benzene rings is 2. The highest BCUT2D eigenvalue weighted by Crippen LogP contribution is 2.54. The van der Waals surface area contributed by atoms with Crippen LogP contribution in [0.4, 0.5) is 15.3 Å². The van der Waals surface area contributed by atoms with Crippen molar-refractivity contribution in [2.24, 2.45) is 0 Å². The summed E-state index contributed by atoms with van der Waals surface area (Å²) in [7, 11) is 0. The van der Waals surface area contributed by atoms with E-state index in [2.05, 4.69) is 20.9 Å². The number of aromatic nitrogens is 1. The van der Waals surface area contributed by atoms with E-state index in [1.165, 1.54) is 4.90 Å². The van der Waals surface area contributed by atoms with Crippen LogP contribution in [0.2, 0.25) is 0 Å². The van der Waals surface area contributed by atoms with Crippen LogP contribution in [-0.4, -0.2) is 45.7 Å². The summed E-state index contributed by atoms with van der Waals surface area (Å²) < 4.78 is 12.0. The number of amides is 3. The lowest BCUT2D eigenvalue weighted by molar-refractivity contribution is -0.128. The topological polar surface area (TPSA) is 91.9 Å². The fourth-order valence-electron chi connectivity index (χ4n) is 5.24. The van der Waals surface area contributed by atoms with Crippen LogP contribution in [0.15, 0.2) is 46.9 Å². The third-order valence-electron chi connectivity index (χ3n) is 6.47. The highest BCUT2D eigenvalue weighted by atomic mass is 79.9. The molecule has 8 nitrogen and oxygen atoms in total. The Bertz CT molecular complexity index is 1450. The van der Waals surface area contributed by atoms with Gasteiger partial charge in [-0.15, -0.1) is 0 Å². The maximum absolute atomic E-state index is 14.7. The Morgan fingerprint density at radius 1 is 0.946 bits per heavy atom. The Morgan fingerprint density at radius 2 is 1.59 bits per heavy atom. The minimum atomic E-state index is -1.65. The number of hydrogen-bond donors (Lipinski definition) is 1. The maximum Gasteiger partial charge on any atom is 0.421 e. The summed E-state index contributed by atoms with van der Waals surface area (Å²) in [5, 5.41) is 0.973. The number of nitrogens with zero attached hydrogens (tertiary/aromatic N) is 2. The first-order chi connectivity index (χ1) is 17.3. The van der Waals surface area contributed by atoms with Crippen molar-refractivity contribution in [3.05, 3.63) is 63.8 Å². The molecule has 0 fully saturated rings. The first-order valence-corrected chi connectivity index (χ1v) is 13.0. The predicted octanol–water partition coefficient (Wildman–Crippen LogP) is 6.25. The molecule has 0 saturated carbocycles. The Morgan fingerprint density at radius 3 is 2.27 bits per heavy atom. The molecule has 1 aromatic heterocycles. The summed E-state index contributed by atoms with van der Waals surface area (Å²) in [4.78, 5) is 47.9. The molecule has 3 heterocycles. The van der Waals surface area contributed by atoms with Crippen molar-refractivity contribution in [1.82, 2.24) is 9.88 Å². The van der Waals surface area contributed by atoms with E-state index in [0.717, 1.165) is 21.4 Å². The average Bonchev–Trinajstić information content (AvgIpc) is 3.27. The van der Waals surface area contributed by atoms with E-state index in [0.29, 0.717) is 27.8 Å². The number of hydrogen-bond acceptors (Lipinski definition) is 5. The number of imide groups is 1. The predicted molar refractivity (Wildman–Crippen MR) is 144 cm³/mol. The molecule has 0 bridgehead atoms. The first-order valence-electron chi connectivity index (χ1n) is 12.2. The summed E-state index contributed by atoms with van der Waals surface area (Å²) in [6, 6.07) is 13.1. The Balaban J connectivity index is 1.82. The molecule has 0 radical (unpaired) electrons. The number of fused-ring (bicyclic) bond motifs is 6. The zero-order valence-corrected chi connectivity index (χ0v) is 23.4. The summed E-state index contributed by atoms with van der Waals surface area (Å²) >= 11 is 3.55. The van der Waals surface area contributed by atoms with Gasteiger partial charge in [-0.1, -0.05) is 30.3 Å². The standard InChI is InChI=1S/C28H30BrN3O5/c1-26(2,3)36-24(34)31-15-14-17-16-10-7-8-13-20(16)30-22(17)28(31)18-11-9-12-19(29)21(18)32(23(28)33)25(35)37-27(4,5)6/h7-13,30H,14-15H2,1-6H3/t28-/m1/s1. The minimum Gasteiger partial charge on any atom is -0.444 e. The van der Waals surface area contributed by atoms with Crippen molar-refractivity contribution in [2.45, 2.75) is 64.7 Å². The second-order valence-corrected chi connectivity index (χ2v) is 12.2. The molecule has 9 heteroatoms. The number of anilines is 1. The van der Waals surface area contributed by atoms with Crippen molar-refractivity contribution in [3.8, 4) is 0 Å². The van der Waals surface area contributed by atoms with Crippen LogP contribution in [0.5, 0.6) is 0 Å². The number of carbonyl (C=O) groups excluding carboxylic acids is 3. The van der Waals surface area contributed by atoms with Crippen LogP contribution >= 0.6 is 15.9 Å². The number of rotatable bonds is 0. The van der Waals surface area contributed by atoms with Gasteiger partial charge in [0.2, 0.25) is 0 Å². The molecule has 5 rings (SSSR count). The zero-order valence-electron chi connectivity index (χ0n) is 21.8. The van der Waals surface area contributed by atoms with Crippen LogP contribution in [0.3, 0.4) is 0 Å². The van der Waals surface area contributed by atoms with Crippen LogP contribution in [-0.2, 0) is 26.2 Å². The van der Waals surface area contributed by atoms with Gasteiger partial charge in [0, 0.05) is 27.5 Å². The normalized spacial score (nSPS) is 19.3. The van der Waals surface area contributed by atoms with Gasteiger partial charge in [-0.3, -0.25) is 9.69 Å². The van der Waals surface area contributed by atoms with E-state index in [1.54, 1.807) is 59.7 Å². The Hall–Kier alpha value is -3.33. The van der Waals surface area contributed by atoms with Crippen molar-refractivity contribution in [2.75, 3.05) is 11.4 Å². The number of carbonyl (C=O) groups is 3. The molecule has 1 N–H and O–H groups in total. The summed E-state index contributed by atoms with van der Waals surface area (Å²) in [6.07, 6.45) is -0.930. The van der Waals surface area contributed by atoms with E-state index < -0.39 is 34.8 Å². The quantitative estimate of drug-likeness (QED) is 0.346. The molecule has 0 unspecified atom stereocenters. The second-order valence-electron chi connectivity index (χ2n) is 11.4. The van der Waals surface area contributed by atoms with Crippen LogP contribution in [0.1, 0.15) is 58.4 Å². The lowest BCUT2D eigenvalue weighted by Crippen LogP contribution is -2.60. The molecule has 2 aliphatic heterocycles. The molecule has 2 aromatic carbocycles. The van der Waals surface area contributed by atoms with Crippen molar-refractivity contribution < 1.29 is 23.9 Å². The Labute approximate surface area is 224 Å². The second kappa shape index (κ2) is 8.34. The number of ether oxygens (including phenoxy) is 2. The lowest BCUT2D eigenvalue weighted by atomic mass is 9.80. The average molecular weight is 568 g/mol. The molecule has 1 atom stereocenters. The summed E-state index contributed by atoms with van der Waals surface area (Å²) in [6.45, 7) is 10.8. The zero-order chi connectivity index (χ0) is 26.9. The fourth-order valence-corrected chi connectivity index (χ4v) is 5.78. The van der Waals surface area contributed by atoms with Gasteiger partial charge in [-0.05, 0) is 81.6 Å². The van der Waals surface area contributed by atoms with Crippen molar-refractivity contribution >= 4 is 50.6 Å². The smallest absolute Gasteiger partial charge is 0.421 e. The van der Waals surface area contributed by atoms with E-state index in [-0.39, 0.29) is 6.54 Å². The van der Waals surface area contributed by atoms with Gasteiger partial charge < -0.3 is 14.5 Å². The van der Waals surface area contributed by atoms with E-state index in [4.69, 9.17) is 9.47 Å².